The van der Waals surface area contributed by atoms with Crippen molar-refractivity contribution in [3.8, 4) is 0 Å². The monoisotopic (exact) mass is 306 g/mol. The topological polar surface area (TPSA) is 40.3 Å². The largest absolute Gasteiger partial charge is 0.296 e. The maximum Gasteiger partial charge on any atom is 0.128 e. The van der Waals surface area contributed by atoms with Crippen molar-refractivity contribution in [1.29, 1.82) is 0 Å². The summed E-state index contributed by atoms with van der Waals surface area (Å²) in [6.07, 6.45) is 7.38. The quantitative estimate of drug-likeness (QED) is 0.333. The summed E-state index contributed by atoms with van der Waals surface area (Å²) in [5.74, 6) is -1.30. The van der Waals surface area contributed by atoms with Gasteiger partial charge in [-0.1, -0.05) is 23.5 Å². The fraction of sp³-hybridized carbons (Fsp3) is 0.312. The number of rotatable bonds is 6. The molecule has 0 radical (unpaired) electrons. The van der Waals surface area contributed by atoms with Gasteiger partial charge >= 0.3 is 0 Å². The lowest BCUT2D eigenvalue weighted by atomic mass is 10.2. The summed E-state index contributed by atoms with van der Waals surface area (Å²) < 4.78 is 26.2. The van der Waals surface area contributed by atoms with Crippen LogP contribution >= 0.6 is 0 Å². The van der Waals surface area contributed by atoms with Crippen LogP contribution in [0.3, 0.4) is 0 Å². The van der Waals surface area contributed by atoms with E-state index in [9.17, 15) is 8.78 Å². The molecule has 0 saturated heterocycles. The Bertz CT molecular complexity index is 586. The molecule has 1 aromatic rings. The van der Waals surface area contributed by atoms with Crippen LogP contribution in [0.4, 0.5) is 14.5 Å². The van der Waals surface area contributed by atoms with Crippen LogP contribution in [0.2, 0.25) is 0 Å². The van der Waals surface area contributed by atoms with Crippen molar-refractivity contribution in [3.05, 3.63) is 53.6 Å². The van der Waals surface area contributed by atoms with Gasteiger partial charge in [0.25, 0.3) is 0 Å². The van der Waals surface area contributed by atoms with Crippen molar-refractivity contribution in [3.63, 3.8) is 0 Å². The van der Waals surface area contributed by atoms with E-state index >= 15 is 0 Å². The molecule has 0 aromatic heterocycles. The number of halogens is 2. The van der Waals surface area contributed by atoms with Crippen molar-refractivity contribution in [2.75, 3.05) is 19.1 Å². The van der Waals surface area contributed by atoms with Gasteiger partial charge < -0.3 is 0 Å². The molecule has 22 heavy (non-hydrogen) atoms. The molecular formula is C16H20F2N4. The standard InChI is InChI=1S/C16H20F2N4/c1-12(11-19-3)6-5-7-13(2)20-21-22(4)16-9-14(17)8-15(18)10-16/h5-11,13H,1-4H3/b7-5+,12-6-,19-11?,21-20?. The van der Waals surface area contributed by atoms with Gasteiger partial charge in [0.15, 0.2) is 0 Å². The van der Waals surface area contributed by atoms with Gasteiger partial charge in [-0.15, -0.1) is 0 Å². The third-order valence-corrected chi connectivity index (χ3v) is 2.67. The summed E-state index contributed by atoms with van der Waals surface area (Å²) in [6.45, 7) is 3.80. The molecule has 0 N–H and O–H groups in total. The van der Waals surface area contributed by atoms with E-state index in [1.165, 1.54) is 17.1 Å². The highest BCUT2D eigenvalue weighted by atomic mass is 19.1. The van der Waals surface area contributed by atoms with Gasteiger partial charge in [0.2, 0.25) is 0 Å². The first-order valence-corrected chi connectivity index (χ1v) is 6.80. The molecule has 0 aliphatic carbocycles. The molecule has 118 valence electrons. The summed E-state index contributed by atoms with van der Waals surface area (Å²) in [5, 5.41) is 9.32. The maximum absolute atomic E-state index is 13.1. The average Bonchev–Trinajstić information content (AvgIpc) is 2.44. The summed E-state index contributed by atoms with van der Waals surface area (Å²) in [4.78, 5) is 3.90. The summed E-state index contributed by atoms with van der Waals surface area (Å²) in [6, 6.07) is 3.04. The number of benzene rings is 1. The highest BCUT2D eigenvalue weighted by Gasteiger charge is 2.04. The van der Waals surface area contributed by atoms with E-state index in [1.54, 1.807) is 20.3 Å². The lowest BCUT2D eigenvalue weighted by Gasteiger charge is -2.12. The molecule has 1 rings (SSSR count). The molecule has 1 atom stereocenters. The summed E-state index contributed by atoms with van der Waals surface area (Å²) in [5.41, 5.74) is 1.32. The zero-order valence-corrected chi connectivity index (χ0v) is 13.2. The summed E-state index contributed by atoms with van der Waals surface area (Å²) >= 11 is 0. The number of nitrogens with zero attached hydrogens (tertiary/aromatic N) is 4. The van der Waals surface area contributed by atoms with Crippen LogP contribution in [-0.2, 0) is 0 Å². The first kappa shape index (κ1) is 17.7. The Morgan fingerprint density at radius 2 is 1.86 bits per heavy atom. The van der Waals surface area contributed by atoms with Crippen molar-refractivity contribution < 1.29 is 8.78 Å². The number of aliphatic imine (C=N–C) groups is 1. The van der Waals surface area contributed by atoms with Crippen LogP contribution in [0.1, 0.15) is 13.8 Å². The maximum atomic E-state index is 13.1. The molecule has 6 heteroatoms. The molecule has 0 fully saturated rings. The lowest BCUT2D eigenvalue weighted by molar-refractivity contribution is 0.582. The minimum Gasteiger partial charge on any atom is -0.296 e. The minimum absolute atomic E-state index is 0.163. The van der Waals surface area contributed by atoms with E-state index in [1.807, 2.05) is 32.1 Å². The SMILES string of the molecule is CN=C/C(C)=C\C=C\C(C)N=NN(C)c1cc(F)cc(F)c1. The number of allylic oxidation sites excluding steroid dienone is 3. The summed E-state index contributed by atoms with van der Waals surface area (Å²) in [7, 11) is 3.29. The number of hydrogen-bond acceptors (Lipinski definition) is 3. The molecule has 0 saturated carbocycles. The predicted molar refractivity (Wildman–Crippen MR) is 86.4 cm³/mol. The van der Waals surface area contributed by atoms with Crippen molar-refractivity contribution in [2.24, 2.45) is 15.3 Å². The van der Waals surface area contributed by atoms with E-state index in [0.29, 0.717) is 5.69 Å². The first-order valence-electron chi connectivity index (χ1n) is 6.80. The second-order valence-electron chi connectivity index (χ2n) is 4.78. The second kappa shape index (κ2) is 8.81. The van der Waals surface area contributed by atoms with Gasteiger partial charge in [-0.25, -0.2) is 8.78 Å². The molecule has 0 spiro atoms. The van der Waals surface area contributed by atoms with Gasteiger partial charge in [0, 0.05) is 26.4 Å². The van der Waals surface area contributed by atoms with Crippen molar-refractivity contribution in [2.45, 2.75) is 19.9 Å². The van der Waals surface area contributed by atoms with Gasteiger partial charge in [-0.3, -0.25) is 10.0 Å². The van der Waals surface area contributed by atoms with Crippen LogP contribution in [-0.4, -0.2) is 26.4 Å². The molecule has 0 bridgehead atoms. The Morgan fingerprint density at radius 3 is 2.45 bits per heavy atom. The highest BCUT2D eigenvalue weighted by Crippen LogP contribution is 2.17. The second-order valence-corrected chi connectivity index (χ2v) is 4.78. The molecule has 0 heterocycles. The van der Waals surface area contributed by atoms with E-state index in [-0.39, 0.29) is 6.04 Å². The molecule has 0 aliphatic heterocycles. The minimum atomic E-state index is -0.650. The van der Waals surface area contributed by atoms with Crippen LogP contribution in [0.25, 0.3) is 0 Å². The molecule has 4 nitrogen and oxygen atoms in total. The van der Waals surface area contributed by atoms with Gasteiger partial charge in [-0.2, -0.15) is 5.11 Å². The highest BCUT2D eigenvalue weighted by molar-refractivity contribution is 5.77. The van der Waals surface area contributed by atoms with E-state index in [4.69, 9.17) is 0 Å². The lowest BCUT2D eigenvalue weighted by Crippen LogP contribution is -2.09. The first-order chi connectivity index (χ1) is 10.4. The third-order valence-electron chi connectivity index (χ3n) is 2.67. The molecular weight excluding hydrogens is 286 g/mol. The van der Waals surface area contributed by atoms with Crippen LogP contribution in [0.15, 0.2) is 57.3 Å². The van der Waals surface area contributed by atoms with Crippen molar-refractivity contribution >= 4 is 11.9 Å². The van der Waals surface area contributed by atoms with E-state index < -0.39 is 11.6 Å². The average molecular weight is 306 g/mol. The normalized spacial score (nSPS) is 14.4. The van der Waals surface area contributed by atoms with Gasteiger partial charge in [0.1, 0.15) is 11.6 Å². The van der Waals surface area contributed by atoms with Crippen LogP contribution in [0.5, 0.6) is 0 Å². The number of anilines is 1. The van der Waals surface area contributed by atoms with E-state index in [2.05, 4.69) is 15.3 Å². The Kier molecular flexibility index (Phi) is 7.08. The Labute approximate surface area is 129 Å². The van der Waals surface area contributed by atoms with E-state index in [0.717, 1.165) is 11.6 Å². The zero-order valence-electron chi connectivity index (χ0n) is 13.2. The Balaban J connectivity index is 2.66. The number of hydrogen-bond donors (Lipinski definition) is 0. The van der Waals surface area contributed by atoms with Crippen LogP contribution in [0, 0.1) is 11.6 Å². The predicted octanol–water partition coefficient (Wildman–Crippen LogP) is 4.36. The molecule has 1 unspecified atom stereocenters. The van der Waals surface area contributed by atoms with Gasteiger partial charge in [0.05, 0.1) is 11.7 Å². The fourth-order valence-corrected chi connectivity index (χ4v) is 1.59. The Hall–Kier alpha value is -2.37. The smallest absolute Gasteiger partial charge is 0.128 e. The molecule has 0 aliphatic rings. The fourth-order valence-electron chi connectivity index (χ4n) is 1.59. The molecule has 0 amide bonds. The zero-order chi connectivity index (χ0) is 16.5. The van der Waals surface area contributed by atoms with Crippen molar-refractivity contribution in [1.82, 2.24) is 0 Å². The third kappa shape index (κ3) is 6.39. The van der Waals surface area contributed by atoms with Gasteiger partial charge in [-0.05, 0) is 31.6 Å². The Morgan fingerprint density at radius 1 is 1.23 bits per heavy atom. The van der Waals surface area contributed by atoms with Crippen LogP contribution < -0.4 is 5.01 Å². The molecule has 1 aromatic carbocycles.